The maximum atomic E-state index is 13.8. The highest BCUT2D eigenvalue weighted by Crippen LogP contribution is 2.31. The number of hydrogen-bond donors (Lipinski definition) is 1. The Kier molecular flexibility index (Phi) is 7.83. The quantitative estimate of drug-likeness (QED) is 0.377. The summed E-state index contributed by atoms with van der Waals surface area (Å²) in [5, 5.41) is 4.97. The van der Waals surface area contributed by atoms with Gasteiger partial charge in [0.25, 0.3) is 5.91 Å². The molecule has 2 aliphatic rings. The predicted molar refractivity (Wildman–Crippen MR) is 156 cm³/mol. The molecule has 8 nitrogen and oxygen atoms in total. The molecule has 0 bridgehead atoms. The highest BCUT2D eigenvalue weighted by Gasteiger charge is 2.47. The van der Waals surface area contributed by atoms with E-state index < -0.39 is 22.1 Å². The van der Waals surface area contributed by atoms with E-state index in [0.717, 1.165) is 21.9 Å². The minimum absolute atomic E-state index is 0. The van der Waals surface area contributed by atoms with E-state index in [-0.39, 0.29) is 55.2 Å². The summed E-state index contributed by atoms with van der Waals surface area (Å²) in [5.41, 5.74) is 2.43. The van der Waals surface area contributed by atoms with Gasteiger partial charge in [0, 0.05) is 49.0 Å². The molecular formula is C29H26Cl2N4O4S. The lowest BCUT2D eigenvalue weighted by Crippen LogP contribution is -2.68. The Morgan fingerprint density at radius 1 is 0.875 bits per heavy atom. The van der Waals surface area contributed by atoms with Crippen LogP contribution in [0.2, 0.25) is 5.02 Å². The molecule has 3 heterocycles. The van der Waals surface area contributed by atoms with Crippen molar-refractivity contribution in [3.8, 4) is 11.1 Å². The first kappa shape index (κ1) is 28.0. The lowest BCUT2D eigenvalue weighted by Gasteiger charge is -2.48. The molecule has 206 valence electrons. The Bertz CT molecular complexity index is 1680. The lowest BCUT2D eigenvalue weighted by molar-refractivity contribution is -0.125. The number of fused-ring (bicyclic) bond motifs is 2. The van der Waals surface area contributed by atoms with E-state index in [9.17, 15) is 18.0 Å². The number of amides is 2. The molecule has 0 spiro atoms. The highest BCUT2D eigenvalue weighted by molar-refractivity contribution is 7.89. The van der Waals surface area contributed by atoms with Gasteiger partial charge in [-0.1, -0.05) is 35.9 Å². The van der Waals surface area contributed by atoms with Crippen molar-refractivity contribution in [2.45, 2.75) is 23.4 Å². The Morgan fingerprint density at radius 3 is 2.30 bits per heavy atom. The van der Waals surface area contributed by atoms with Crippen molar-refractivity contribution < 1.29 is 18.0 Å². The van der Waals surface area contributed by atoms with Crippen molar-refractivity contribution in [3.63, 3.8) is 0 Å². The lowest BCUT2D eigenvalue weighted by atomic mass is 9.95. The average molecular weight is 598 g/mol. The van der Waals surface area contributed by atoms with Gasteiger partial charge in [0.05, 0.1) is 17.0 Å². The summed E-state index contributed by atoms with van der Waals surface area (Å²) in [4.78, 5) is 31.9. The van der Waals surface area contributed by atoms with Crippen LogP contribution in [0.1, 0.15) is 16.8 Å². The number of nitrogens with zero attached hydrogens (tertiary/aromatic N) is 3. The molecule has 1 aromatic heterocycles. The van der Waals surface area contributed by atoms with Gasteiger partial charge in [0.2, 0.25) is 15.9 Å². The standard InChI is InChI=1S/C29H25ClN4O4S.ClH/c30-24-7-5-23-16-25(8-6-22(23)15-24)39(37,38)34-14-13-33(26-17-28(35)32-18-27(26)34)29(36)21-3-1-19(2-4-21)20-9-11-31-12-10-20;/h1-12,15-16,26-27H,13-14,17-18H2,(H,32,35);1H. The van der Waals surface area contributed by atoms with Crippen LogP contribution >= 0.6 is 24.0 Å². The van der Waals surface area contributed by atoms with Crippen LogP contribution in [0.15, 0.2) is 90.1 Å². The minimum Gasteiger partial charge on any atom is -0.354 e. The number of pyridine rings is 1. The van der Waals surface area contributed by atoms with E-state index in [1.165, 1.54) is 4.31 Å². The van der Waals surface area contributed by atoms with Crippen molar-refractivity contribution in [1.29, 1.82) is 0 Å². The van der Waals surface area contributed by atoms with Crippen molar-refractivity contribution in [1.82, 2.24) is 19.5 Å². The van der Waals surface area contributed by atoms with Crippen molar-refractivity contribution in [2.24, 2.45) is 0 Å². The molecule has 0 radical (unpaired) electrons. The molecule has 1 N–H and O–H groups in total. The van der Waals surface area contributed by atoms with Crippen LogP contribution in [0.4, 0.5) is 0 Å². The maximum Gasteiger partial charge on any atom is 0.254 e. The average Bonchev–Trinajstić information content (AvgIpc) is 2.96. The second kappa shape index (κ2) is 11.2. The number of nitrogens with one attached hydrogen (secondary N) is 1. The Morgan fingerprint density at radius 2 is 1.55 bits per heavy atom. The zero-order valence-electron chi connectivity index (χ0n) is 21.2. The van der Waals surface area contributed by atoms with Crippen LogP contribution in [-0.2, 0) is 14.8 Å². The van der Waals surface area contributed by atoms with Gasteiger partial charge in [-0.05, 0) is 70.4 Å². The zero-order chi connectivity index (χ0) is 27.1. The molecule has 11 heteroatoms. The van der Waals surface area contributed by atoms with Gasteiger partial charge in [-0.2, -0.15) is 4.31 Å². The largest absolute Gasteiger partial charge is 0.354 e. The van der Waals surface area contributed by atoms with Gasteiger partial charge < -0.3 is 10.2 Å². The molecule has 40 heavy (non-hydrogen) atoms. The number of rotatable bonds is 4. The van der Waals surface area contributed by atoms with Crippen LogP contribution in [-0.4, -0.2) is 66.1 Å². The number of sulfonamides is 1. The second-order valence-electron chi connectivity index (χ2n) is 9.72. The third kappa shape index (κ3) is 5.17. The number of carbonyl (C=O) groups is 2. The Hall–Kier alpha value is -3.50. The normalized spacial score (nSPS) is 19.4. The van der Waals surface area contributed by atoms with Crippen LogP contribution in [0.3, 0.4) is 0 Å². The monoisotopic (exact) mass is 596 g/mol. The SMILES string of the molecule is Cl.O=C1CC2C(CN1)N(S(=O)(=O)c1ccc3cc(Cl)ccc3c1)CCN2C(=O)c1ccc(-c2ccncc2)cc1. The maximum absolute atomic E-state index is 13.8. The third-order valence-corrected chi connectivity index (χ3v) is 9.62. The van der Waals surface area contributed by atoms with E-state index in [1.54, 1.807) is 65.8 Å². The van der Waals surface area contributed by atoms with Gasteiger partial charge in [-0.25, -0.2) is 8.42 Å². The molecule has 2 saturated heterocycles. The van der Waals surface area contributed by atoms with E-state index in [1.807, 2.05) is 24.3 Å². The highest BCUT2D eigenvalue weighted by atomic mass is 35.5. The number of carbonyl (C=O) groups excluding carboxylic acids is 2. The first-order valence-corrected chi connectivity index (χ1v) is 14.4. The summed E-state index contributed by atoms with van der Waals surface area (Å²) in [6.45, 7) is 0.442. The first-order valence-electron chi connectivity index (χ1n) is 12.6. The molecule has 2 atom stereocenters. The Labute approximate surface area is 243 Å². The minimum atomic E-state index is -3.90. The summed E-state index contributed by atoms with van der Waals surface area (Å²) in [7, 11) is -3.90. The molecule has 0 aliphatic carbocycles. The summed E-state index contributed by atoms with van der Waals surface area (Å²) in [5.74, 6) is -0.426. The fourth-order valence-corrected chi connectivity index (χ4v) is 7.32. The molecule has 2 unspecified atom stereocenters. The molecular weight excluding hydrogens is 571 g/mol. The fourth-order valence-electron chi connectivity index (χ4n) is 5.46. The second-order valence-corrected chi connectivity index (χ2v) is 12.1. The number of piperidine rings is 1. The zero-order valence-corrected chi connectivity index (χ0v) is 23.6. The summed E-state index contributed by atoms with van der Waals surface area (Å²) in [6, 6.07) is 20.2. The summed E-state index contributed by atoms with van der Waals surface area (Å²) >= 11 is 6.08. The fraction of sp³-hybridized carbons (Fsp3) is 0.207. The smallest absolute Gasteiger partial charge is 0.254 e. The number of piperazine rings is 1. The van der Waals surface area contributed by atoms with E-state index in [2.05, 4.69) is 10.3 Å². The van der Waals surface area contributed by atoms with Crippen molar-refractivity contribution >= 4 is 56.6 Å². The topological polar surface area (TPSA) is 99.7 Å². The van der Waals surface area contributed by atoms with E-state index >= 15 is 0 Å². The van der Waals surface area contributed by atoms with Gasteiger partial charge in [-0.3, -0.25) is 14.6 Å². The summed E-state index contributed by atoms with van der Waals surface area (Å²) in [6.07, 6.45) is 3.46. The van der Waals surface area contributed by atoms with Crippen molar-refractivity contribution in [3.05, 3.63) is 95.8 Å². The molecule has 2 aliphatic heterocycles. The molecule has 2 amide bonds. The first-order chi connectivity index (χ1) is 18.8. The van der Waals surface area contributed by atoms with E-state index in [4.69, 9.17) is 11.6 Å². The van der Waals surface area contributed by atoms with E-state index in [0.29, 0.717) is 10.6 Å². The Balaban J connectivity index is 0.00000323. The van der Waals surface area contributed by atoms with Gasteiger partial charge in [-0.15, -0.1) is 12.4 Å². The number of hydrogen-bond acceptors (Lipinski definition) is 5. The van der Waals surface area contributed by atoms with Crippen LogP contribution < -0.4 is 5.32 Å². The number of halogens is 2. The van der Waals surface area contributed by atoms with Crippen LogP contribution in [0.5, 0.6) is 0 Å². The number of benzene rings is 3. The third-order valence-electron chi connectivity index (χ3n) is 7.47. The molecule has 3 aromatic carbocycles. The van der Waals surface area contributed by atoms with Crippen LogP contribution in [0.25, 0.3) is 21.9 Å². The number of aromatic nitrogens is 1. The molecule has 0 saturated carbocycles. The van der Waals surface area contributed by atoms with Crippen molar-refractivity contribution in [2.75, 3.05) is 19.6 Å². The predicted octanol–water partition coefficient (Wildman–Crippen LogP) is 4.38. The molecule has 2 fully saturated rings. The van der Waals surface area contributed by atoms with Gasteiger partial charge >= 0.3 is 0 Å². The molecule has 4 aromatic rings. The summed E-state index contributed by atoms with van der Waals surface area (Å²) < 4.78 is 29.1. The van der Waals surface area contributed by atoms with Gasteiger partial charge in [0.15, 0.2) is 0 Å². The van der Waals surface area contributed by atoms with Crippen LogP contribution in [0, 0.1) is 0 Å². The van der Waals surface area contributed by atoms with Gasteiger partial charge in [0.1, 0.15) is 0 Å². The molecule has 6 rings (SSSR count).